The fourth-order valence-electron chi connectivity index (χ4n) is 4.85. The summed E-state index contributed by atoms with van der Waals surface area (Å²) < 4.78 is 7.42. The number of nitrogens with zero attached hydrogens (tertiary/aromatic N) is 4. The molecule has 6 heteroatoms. The van der Waals surface area contributed by atoms with Crippen LogP contribution in [0.5, 0.6) is 0 Å². The number of hydrogen-bond donors (Lipinski definition) is 1. The van der Waals surface area contributed by atoms with Gasteiger partial charge in [0.2, 0.25) is 0 Å². The highest BCUT2D eigenvalue weighted by Crippen LogP contribution is 2.28. The van der Waals surface area contributed by atoms with Gasteiger partial charge in [-0.15, -0.1) is 6.58 Å². The molecule has 0 saturated carbocycles. The molecule has 0 bridgehead atoms. The molecule has 0 amide bonds. The average molecular weight is 493 g/mol. The van der Waals surface area contributed by atoms with Crippen LogP contribution >= 0.6 is 0 Å². The Hall–Kier alpha value is -3.92. The van der Waals surface area contributed by atoms with Gasteiger partial charge in [0.05, 0.1) is 6.54 Å². The number of imidazole rings is 1. The molecule has 1 saturated heterocycles. The highest BCUT2D eigenvalue weighted by molar-refractivity contribution is 5.59. The lowest BCUT2D eigenvalue weighted by atomic mass is 9.89. The van der Waals surface area contributed by atoms with Crippen molar-refractivity contribution in [3.63, 3.8) is 0 Å². The Bertz CT molecular complexity index is 1380. The van der Waals surface area contributed by atoms with Gasteiger partial charge in [-0.1, -0.05) is 35.2 Å². The number of piperidine rings is 1. The third kappa shape index (κ3) is 6.08. The summed E-state index contributed by atoms with van der Waals surface area (Å²) in [6, 6.07) is 18.6. The van der Waals surface area contributed by atoms with E-state index in [9.17, 15) is 5.11 Å². The normalized spacial score (nSPS) is 15.2. The summed E-state index contributed by atoms with van der Waals surface area (Å²) in [6.07, 6.45) is 7.25. The molecule has 4 aromatic rings. The van der Waals surface area contributed by atoms with Crippen molar-refractivity contribution < 1.29 is 9.63 Å². The molecule has 5 rings (SSSR count). The number of aromatic nitrogens is 3. The van der Waals surface area contributed by atoms with Gasteiger partial charge in [-0.05, 0) is 80.7 Å². The molecule has 0 unspecified atom stereocenters. The molecule has 1 aliphatic rings. The second kappa shape index (κ2) is 11.4. The molecule has 188 valence electrons. The van der Waals surface area contributed by atoms with Gasteiger partial charge in [0.25, 0.3) is 0 Å². The van der Waals surface area contributed by atoms with Crippen molar-refractivity contribution in [2.24, 2.45) is 0 Å². The van der Waals surface area contributed by atoms with Crippen LogP contribution in [0.2, 0.25) is 0 Å². The zero-order chi connectivity index (χ0) is 25.6. The Kier molecular flexibility index (Phi) is 7.65. The van der Waals surface area contributed by atoms with Crippen LogP contribution < -0.4 is 0 Å². The molecule has 0 spiro atoms. The highest BCUT2D eigenvalue weighted by Gasteiger charge is 2.19. The van der Waals surface area contributed by atoms with E-state index in [1.165, 1.54) is 18.4 Å². The average Bonchev–Trinajstić information content (AvgIpc) is 3.59. The molecule has 2 aromatic carbocycles. The monoisotopic (exact) mass is 492 g/mol. The van der Waals surface area contributed by atoms with Crippen LogP contribution in [0.25, 0.3) is 11.3 Å². The lowest BCUT2D eigenvalue weighted by Gasteiger charge is -2.31. The Morgan fingerprint density at radius 3 is 2.41 bits per heavy atom. The fraction of sp³-hybridized carbons (Fsp3) is 0.290. The lowest BCUT2D eigenvalue weighted by Crippen LogP contribution is -2.32. The topological polar surface area (TPSA) is 67.3 Å². The number of aliphatic hydroxyl groups excluding tert-OH is 1. The third-order valence-corrected chi connectivity index (χ3v) is 6.89. The van der Waals surface area contributed by atoms with Crippen LogP contribution in [0.3, 0.4) is 0 Å². The van der Waals surface area contributed by atoms with Gasteiger partial charge in [0, 0.05) is 41.7 Å². The van der Waals surface area contributed by atoms with Crippen LogP contribution in [0.1, 0.15) is 60.0 Å². The number of aliphatic hydroxyl groups is 1. The number of hydrogen-bond acceptors (Lipinski definition) is 5. The van der Waals surface area contributed by atoms with E-state index >= 15 is 0 Å². The summed E-state index contributed by atoms with van der Waals surface area (Å²) >= 11 is 0. The Balaban J connectivity index is 1.19. The summed E-state index contributed by atoms with van der Waals surface area (Å²) in [5.74, 6) is 8.48. The Labute approximate surface area is 218 Å². The third-order valence-electron chi connectivity index (χ3n) is 6.89. The number of rotatable bonds is 7. The van der Waals surface area contributed by atoms with Crippen molar-refractivity contribution in [1.82, 2.24) is 19.6 Å². The van der Waals surface area contributed by atoms with E-state index in [1.807, 2.05) is 47.2 Å². The van der Waals surface area contributed by atoms with Gasteiger partial charge in [0.15, 0.2) is 5.76 Å². The predicted octanol–water partition coefficient (Wildman–Crippen LogP) is 5.40. The molecule has 1 N–H and O–H groups in total. The SMILES string of the molecule is C=CCN1CCC(c2ccc(C#Cc3ccc(-c4cc(Cn5ccnc5[C@H](C)O)no4)cc3)cc2)CC1. The molecule has 1 fully saturated rings. The van der Waals surface area contributed by atoms with E-state index in [0.717, 1.165) is 42.0 Å². The van der Waals surface area contributed by atoms with Gasteiger partial charge >= 0.3 is 0 Å². The van der Waals surface area contributed by atoms with Crippen LogP contribution in [0.15, 0.2) is 84.2 Å². The zero-order valence-electron chi connectivity index (χ0n) is 21.2. The summed E-state index contributed by atoms with van der Waals surface area (Å²) in [5, 5.41) is 14.0. The second-order valence-electron chi connectivity index (χ2n) is 9.58. The molecule has 2 aromatic heterocycles. The molecular weight excluding hydrogens is 460 g/mol. The Morgan fingerprint density at radius 2 is 1.76 bits per heavy atom. The predicted molar refractivity (Wildman–Crippen MR) is 145 cm³/mol. The van der Waals surface area contributed by atoms with Crippen LogP contribution in [0, 0.1) is 11.8 Å². The molecule has 1 aliphatic heterocycles. The molecule has 0 aliphatic carbocycles. The minimum atomic E-state index is -0.640. The van der Waals surface area contributed by atoms with Gasteiger partial charge in [-0.25, -0.2) is 4.98 Å². The van der Waals surface area contributed by atoms with Crippen molar-refractivity contribution in [3.8, 4) is 23.2 Å². The first-order valence-electron chi connectivity index (χ1n) is 12.8. The first-order valence-corrected chi connectivity index (χ1v) is 12.8. The van der Waals surface area contributed by atoms with Gasteiger partial charge in [-0.2, -0.15) is 0 Å². The van der Waals surface area contributed by atoms with Crippen LogP contribution in [-0.2, 0) is 6.54 Å². The van der Waals surface area contributed by atoms with Crippen molar-refractivity contribution in [2.75, 3.05) is 19.6 Å². The van der Waals surface area contributed by atoms with E-state index < -0.39 is 6.10 Å². The standard InChI is InChI=1S/C31H32N4O2/c1-3-17-34-18-14-27(15-19-34)26-10-6-24(7-11-26)4-5-25-8-12-28(13-9-25)30-21-29(33-37-30)22-35-20-16-32-31(35)23(2)36/h3,6-13,16,20-21,23,27,36H,1,14-15,17-19,22H2,2H3/t23-/m0/s1. The van der Waals surface area contributed by atoms with Gasteiger partial charge < -0.3 is 14.2 Å². The lowest BCUT2D eigenvalue weighted by molar-refractivity contribution is 0.184. The first-order chi connectivity index (χ1) is 18.1. The minimum Gasteiger partial charge on any atom is -0.385 e. The smallest absolute Gasteiger partial charge is 0.167 e. The molecule has 3 heterocycles. The summed E-state index contributed by atoms with van der Waals surface area (Å²) in [7, 11) is 0. The van der Waals surface area contributed by atoms with Crippen molar-refractivity contribution in [3.05, 3.63) is 108 Å². The highest BCUT2D eigenvalue weighted by atomic mass is 16.5. The van der Waals surface area contributed by atoms with Gasteiger partial charge in [-0.3, -0.25) is 4.90 Å². The van der Waals surface area contributed by atoms with Gasteiger partial charge in [0.1, 0.15) is 17.6 Å². The van der Waals surface area contributed by atoms with E-state index in [1.54, 1.807) is 13.1 Å². The molecule has 37 heavy (non-hydrogen) atoms. The second-order valence-corrected chi connectivity index (χ2v) is 9.58. The van der Waals surface area contributed by atoms with Crippen LogP contribution in [0.4, 0.5) is 0 Å². The van der Waals surface area contributed by atoms with Crippen molar-refractivity contribution in [2.45, 2.75) is 38.3 Å². The number of benzene rings is 2. The van der Waals surface area contributed by atoms with Crippen molar-refractivity contribution >= 4 is 0 Å². The minimum absolute atomic E-state index is 0.487. The first kappa shape index (κ1) is 24.8. The summed E-state index contributed by atoms with van der Waals surface area (Å²) in [5.41, 5.74) is 5.09. The zero-order valence-corrected chi connectivity index (χ0v) is 21.2. The van der Waals surface area contributed by atoms with E-state index in [-0.39, 0.29) is 0 Å². The molecule has 6 nitrogen and oxygen atoms in total. The maximum absolute atomic E-state index is 9.84. The van der Waals surface area contributed by atoms with E-state index in [2.05, 4.69) is 57.7 Å². The maximum Gasteiger partial charge on any atom is 0.167 e. The van der Waals surface area contributed by atoms with E-state index in [0.29, 0.717) is 24.0 Å². The number of likely N-dealkylation sites (tertiary alicyclic amines) is 1. The summed E-state index contributed by atoms with van der Waals surface area (Å²) in [4.78, 5) is 6.66. The molecule has 1 atom stereocenters. The fourth-order valence-corrected chi connectivity index (χ4v) is 4.85. The quantitative estimate of drug-likeness (QED) is 0.276. The largest absolute Gasteiger partial charge is 0.385 e. The summed E-state index contributed by atoms with van der Waals surface area (Å²) in [6.45, 7) is 9.29. The molecule has 0 radical (unpaired) electrons. The van der Waals surface area contributed by atoms with E-state index in [4.69, 9.17) is 4.52 Å². The molecular formula is C31H32N4O2. The van der Waals surface area contributed by atoms with Crippen LogP contribution in [-0.4, -0.2) is 44.3 Å². The van der Waals surface area contributed by atoms with Crippen molar-refractivity contribution in [1.29, 1.82) is 0 Å². The Morgan fingerprint density at radius 1 is 1.08 bits per heavy atom. The maximum atomic E-state index is 9.84.